The van der Waals surface area contributed by atoms with E-state index in [0.717, 1.165) is 58.5 Å². The van der Waals surface area contributed by atoms with Gasteiger partial charge >= 0.3 is 30.2 Å². The van der Waals surface area contributed by atoms with Crippen LogP contribution in [-0.2, 0) is 55.9 Å². The lowest BCUT2D eigenvalue weighted by Gasteiger charge is -2.39. The summed E-state index contributed by atoms with van der Waals surface area (Å²) in [4.78, 5) is 135. The van der Waals surface area contributed by atoms with E-state index < -0.39 is 91.0 Å². The zero-order valence-electron chi connectivity index (χ0n) is 62.0. The summed E-state index contributed by atoms with van der Waals surface area (Å²) < 4.78 is 28.6. The van der Waals surface area contributed by atoms with Gasteiger partial charge in [0.2, 0.25) is 17.7 Å². The molecule has 1 fully saturated rings. The molecule has 2 aliphatic rings. The minimum atomic E-state index is -1.16. The van der Waals surface area contributed by atoms with E-state index in [-0.39, 0.29) is 112 Å². The van der Waals surface area contributed by atoms with E-state index in [9.17, 15) is 43.5 Å². The fourth-order valence-electron chi connectivity index (χ4n) is 12.6. The number of aliphatic imine (C=N–C) groups is 1. The number of urea groups is 1. The number of hydrogen-bond acceptors (Lipinski definition) is 19. The van der Waals surface area contributed by atoms with Crippen LogP contribution in [0, 0.1) is 23.7 Å². The van der Waals surface area contributed by atoms with Crippen LogP contribution in [0.25, 0.3) is 11.1 Å². The van der Waals surface area contributed by atoms with Crippen molar-refractivity contribution >= 4 is 76.9 Å². The summed E-state index contributed by atoms with van der Waals surface area (Å²) in [6.07, 6.45) is 1.42. The Kier molecular flexibility index (Phi) is 31.3. The zero-order chi connectivity index (χ0) is 75.7. The predicted molar refractivity (Wildman–Crippen MR) is 394 cm³/mol. The number of thiazole rings is 1. The standard InChI is InChI=1S/C77H105N11O15S/c1-13-50(8)68(84-71(93)64-26-18-19-36-85(64)10)73(94)88(46-101-67(90)40-48(4)5)65(49(6)7)42-66(102-51(9)89)72-82-63(45-104-72)70(92)81-55(39-47(2)3)41-52-29-33-56(34-30-52)103-77(98)87(12)38-37-86(11)76(97)100-43-53-27-31-54(32-28-53)80-69(91)62(25-20-35-79-74(78)95)83-75(96)99-44-61-59-23-16-14-21-57(59)58-22-15-17-24-60(58)61/h14-17,21-24,27-34,45,47-50,55,61-62,64-66,68H,13,18-20,25-26,35-44,46H2,1-12H3,(H,80,91)(H,81,92)(H,83,96)(H,84,93)(H3,78,79,95)/p-1/t50?,55?,62-,64?,65?,66?,68?/m1/s1. The van der Waals surface area contributed by atoms with Crippen LogP contribution in [0.4, 0.5) is 20.1 Å². The number of primary amides is 1. The van der Waals surface area contributed by atoms with Crippen LogP contribution in [0.2, 0.25) is 0 Å². The summed E-state index contributed by atoms with van der Waals surface area (Å²) in [5.41, 5.74) is 11.4. The van der Waals surface area contributed by atoms with Crippen molar-refractivity contribution in [1.82, 2.24) is 40.5 Å². The number of anilines is 1. The molecule has 0 radical (unpaired) electrons. The van der Waals surface area contributed by atoms with Gasteiger partial charge < -0.3 is 70.5 Å². The molecule has 6 unspecified atom stereocenters. The molecule has 1 aliphatic carbocycles. The lowest BCUT2D eigenvalue weighted by Crippen LogP contribution is -2.59. The van der Waals surface area contributed by atoms with Crippen molar-refractivity contribution in [1.29, 1.82) is 0 Å². The van der Waals surface area contributed by atoms with Gasteiger partial charge in [-0.2, -0.15) is 0 Å². The molecule has 5 aromatic rings. The van der Waals surface area contributed by atoms with Crippen molar-refractivity contribution in [2.75, 3.05) is 66.0 Å². The number of amides is 8. The highest BCUT2D eigenvalue weighted by Crippen LogP contribution is 2.44. The fourth-order valence-corrected chi connectivity index (χ4v) is 13.5. The number of aromatic nitrogens is 1. The maximum Gasteiger partial charge on any atom is 0.415 e. The molecule has 0 bridgehead atoms. The molecule has 6 N–H and O–H groups in total. The van der Waals surface area contributed by atoms with E-state index in [1.54, 1.807) is 53.9 Å². The van der Waals surface area contributed by atoms with E-state index in [1.165, 1.54) is 35.7 Å². The number of piperidine rings is 1. The number of carbonyl (C=O) groups is 9. The molecular weight excluding hydrogens is 1350 g/mol. The third kappa shape index (κ3) is 24.5. The maximum atomic E-state index is 15.0. The summed E-state index contributed by atoms with van der Waals surface area (Å²) in [6.45, 7) is 17.4. The Morgan fingerprint density at radius 1 is 0.779 bits per heavy atom. The second-order valence-electron chi connectivity index (χ2n) is 28.1. The average molecular weight is 1460 g/mol. The summed E-state index contributed by atoms with van der Waals surface area (Å²) in [6, 6.07) is 25.0. The molecule has 0 saturated carbocycles. The van der Waals surface area contributed by atoms with E-state index in [1.807, 2.05) is 116 Å². The number of hydrogen-bond donors (Lipinski definition) is 5. The minimum absolute atomic E-state index is 0.00454. The lowest BCUT2D eigenvalue weighted by molar-refractivity contribution is -0.251. The average Bonchev–Trinajstić information content (AvgIpc) is 1.66. The molecule has 1 saturated heterocycles. The van der Waals surface area contributed by atoms with Gasteiger partial charge in [-0.1, -0.05) is 141 Å². The highest BCUT2D eigenvalue weighted by molar-refractivity contribution is 7.09. The van der Waals surface area contributed by atoms with Crippen LogP contribution in [-0.4, -0.2) is 175 Å². The highest BCUT2D eigenvalue weighted by atomic mass is 32.1. The van der Waals surface area contributed by atoms with Crippen LogP contribution < -0.4 is 36.8 Å². The van der Waals surface area contributed by atoms with Crippen molar-refractivity contribution in [2.45, 2.75) is 175 Å². The Morgan fingerprint density at radius 2 is 1.42 bits per heavy atom. The summed E-state index contributed by atoms with van der Waals surface area (Å²) >= 11 is 1.14. The Bertz CT molecular complexity index is 3690. The normalized spacial score (nSPS) is 15.4. The van der Waals surface area contributed by atoms with Crippen molar-refractivity contribution in [3.8, 4) is 16.9 Å². The third-order valence-electron chi connectivity index (χ3n) is 18.6. The van der Waals surface area contributed by atoms with Crippen LogP contribution in [0.1, 0.15) is 170 Å². The molecule has 564 valence electrons. The number of carbonyl (C=O) groups excluding carboxylic acids is 9. The first-order chi connectivity index (χ1) is 49.6. The van der Waals surface area contributed by atoms with Gasteiger partial charge in [-0.25, -0.2) is 19.4 Å². The summed E-state index contributed by atoms with van der Waals surface area (Å²) in [7, 11) is 4.97. The Balaban J connectivity index is 0.894. The number of nitrogens with two attached hydrogens (primary N) is 1. The van der Waals surface area contributed by atoms with E-state index in [2.05, 4.69) is 26.3 Å². The van der Waals surface area contributed by atoms with Gasteiger partial charge in [-0.15, -0.1) is 11.3 Å². The van der Waals surface area contributed by atoms with Gasteiger partial charge in [0.1, 0.15) is 41.2 Å². The van der Waals surface area contributed by atoms with Gasteiger partial charge in [0.05, 0.1) is 6.04 Å². The quantitative estimate of drug-likeness (QED) is 0.00621. The van der Waals surface area contributed by atoms with Gasteiger partial charge in [0.15, 0.2) is 12.8 Å². The first kappa shape index (κ1) is 81.7. The van der Waals surface area contributed by atoms with Crippen LogP contribution in [0.15, 0.2) is 107 Å². The molecule has 2 heterocycles. The molecule has 104 heavy (non-hydrogen) atoms. The first-order valence-electron chi connectivity index (χ1n) is 35.9. The van der Waals surface area contributed by atoms with E-state index >= 15 is 4.79 Å². The molecule has 1 aliphatic heterocycles. The van der Waals surface area contributed by atoms with Crippen molar-refractivity contribution < 1.29 is 71.9 Å². The number of likely N-dealkylation sites (N-methyl/N-ethyl adjacent to an activating group) is 3. The van der Waals surface area contributed by atoms with Crippen molar-refractivity contribution in [2.24, 2.45) is 34.4 Å². The number of likely N-dealkylation sites (tertiary alicyclic amines) is 1. The lowest BCUT2D eigenvalue weighted by atomic mass is 9.92. The molecule has 4 aromatic carbocycles. The molecular formula is C77H104N11O15S-. The number of ether oxygens (including phenoxy) is 5. The zero-order valence-corrected chi connectivity index (χ0v) is 62.8. The smallest absolute Gasteiger partial charge is 0.415 e. The highest BCUT2D eigenvalue weighted by Gasteiger charge is 2.40. The van der Waals surface area contributed by atoms with Gasteiger partial charge in [-0.3, -0.25) is 38.7 Å². The van der Waals surface area contributed by atoms with Gasteiger partial charge in [-0.05, 0) is 133 Å². The summed E-state index contributed by atoms with van der Waals surface area (Å²) in [5.74, 6) is -3.14. The second kappa shape index (κ2) is 39.9. The van der Waals surface area contributed by atoms with Crippen LogP contribution in [0.3, 0.4) is 0 Å². The largest absolute Gasteiger partial charge is 0.599 e. The Hall–Kier alpha value is -9.63. The van der Waals surface area contributed by atoms with Gasteiger partial charge in [0.25, 0.3) is 5.91 Å². The van der Waals surface area contributed by atoms with Crippen LogP contribution >= 0.6 is 11.3 Å². The van der Waals surface area contributed by atoms with Crippen molar-refractivity contribution in [3.05, 3.63) is 135 Å². The number of nitrogens with zero attached hydrogens (tertiary/aromatic N) is 6. The van der Waals surface area contributed by atoms with Gasteiger partial charge in [0, 0.05) is 89.2 Å². The first-order valence-corrected chi connectivity index (χ1v) is 36.8. The molecule has 1 aromatic heterocycles. The molecule has 27 heteroatoms. The molecule has 7 rings (SSSR count). The number of benzene rings is 4. The molecule has 26 nitrogen and oxygen atoms in total. The predicted octanol–water partition coefficient (Wildman–Crippen LogP) is 9.94. The maximum absolute atomic E-state index is 15.0. The Labute approximate surface area is 614 Å². The molecule has 7 atom stereocenters. The number of rotatable bonds is 36. The minimum Gasteiger partial charge on any atom is -0.599 e. The fraction of sp³-hybridized carbons (Fsp3) is 0.519. The number of esters is 2. The van der Waals surface area contributed by atoms with E-state index in [4.69, 9.17) is 34.4 Å². The Morgan fingerprint density at radius 3 is 2.03 bits per heavy atom. The number of fused-ring (bicyclic) bond motifs is 3. The molecule has 0 spiro atoms. The van der Waals surface area contributed by atoms with Crippen molar-refractivity contribution in [3.63, 3.8) is 0 Å². The molecule has 8 amide bonds. The second-order valence-corrected chi connectivity index (χ2v) is 29.0. The topological polar surface area (TPSA) is 335 Å². The van der Waals surface area contributed by atoms with E-state index in [0.29, 0.717) is 41.9 Å². The monoisotopic (exact) mass is 1450 g/mol. The summed E-state index contributed by atoms with van der Waals surface area (Å²) in [5, 5.41) is 26.6. The SMILES string of the molecule is CCC(C)C(NC(=O)C1CCCCN1C)C(=O)N(COC(=O)CC(C)C)C(CC(OC(C)=O)c1nc(C(=O)NC(Cc2ccc(OC(=O)N(C)CCN(C)C(=O)OCc3ccc(NC(=O)[C@@H](CCCNC(N)=O)N=C([O-])OCC4c5ccccc5-c5ccccc54)cc3)cc2)CC(C)C)cs1)C(C)C. The number of nitrogens with one attached hydrogen (secondary N) is 4. The third-order valence-corrected chi connectivity index (χ3v) is 19.5. The van der Waals surface area contributed by atoms with Crippen LogP contribution in [0.5, 0.6) is 5.75 Å².